The molecule has 0 aliphatic carbocycles. The third-order valence-electron chi connectivity index (χ3n) is 4.87. The maximum Gasteiger partial charge on any atom is 0.248 e. The van der Waals surface area contributed by atoms with Crippen molar-refractivity contribution in [3.05, 3.63) is 60.2 Å². The maximum atomic E-state index is 12.4. The number of anilines is 1. The maximum absolute atomic E-state index is 12.4. The summed E-state index contributed by atoms with van der Waals surface area (Å²) >= 11 is 0. The Bertz CT molecular complexity index is 895. The van der Waals surface area contributed by atoms with E-state index in [0.29, 0.717) is 6.54 Å². The number of nitrogens with two attached hydrogens (primary N) is 1. The predicted octanol–water partition coefficient (Wildman–Crippen LogP) is 1.28. The van der Waals surface area contributed by atoms with Gasteiger partial charge in [-0.1, -0.05) is 24.3 Å². The van der Waals surface area contributed by atoms with Gasteiger partial charge in [-0.3, -0.25) is 9.69 Å². The van der Waals surface area contributed by atoms with Crippen molar-refractivity contribution in [2.24, 2.45) is 5.73 Å². The lowest BCUT2D eigenvalue weighted by Gasteiger charge is -2.36. The molecule has 8 heteroatoms. The fourth-order valence-electron chi connectivity index (χ4n) is 3.28. The topological polar surface area (TPSA) is 95.7 Å². The van der Waals surface area contributed by atoms with Crippen LogP contribution in [-0.2, 0) is 10.0 Å². The highest BCUT2D eigenvalue weighted by Crippen LogP contribution is 2.15. The van der Waals surface area contributed by atoms with Gasteiger partial charge in [0.1, 0.15) is 0 Å². The summed E-state index contributed by atoms with van der Waals surface area (Å²) in [6.45, 7) is 5.05. The number of carbonyl (C=O) groups excluding carboxylic acids is 1. The van der Waals surface area contributed by atoms with Gasteiger partial charge in [-0.15, -0.1) is 0 Å². The quantitative estimate of drug-likeness (QED) is 0.649. The lowest BCUT2D eigenvalue weighted by atomic mass is 10.2. The Kier molecular flexibility index (Phi) is 6.66. The smallest absolute Gasteiger partial charge is 0.248 e. The number of carbonyl (C=O) groups is 1. The number of amides is 1. The minimum Gasteiger partial charge on any atom is -0.369 e. The fraction of sp³-hybridized carbons (Fsp3) is 0.350. The van der Waals surface area contributed by atoms with E-state index in [0.717, 1.165) is 39.1 Å². The van der Waals surface area contributed by atoms with E-state index in [9.17, 15) is 13.2 Å². The number of benzene rings is 2. The number of primary amides is 1. The number of nitrogens with zero attached hydrogens (tertiary/aromatic N) is 2. The van der Waals surface area contributed by atoms with E-state index in [-0.39, 0.29) is 10.5 Å². The number of para-hydroxylation sites is 1. The molecule has 2 aromatic rings. The normalized spacial score (nSPS) is 15.5. The van der Waals surface area contributed by atoms with Gasteiger partial charge in [0.05, 0.1) is 4.90 Å². The van der Waals surface area contributed by atoms with Crippen LogP contribution in [0, 0.1) is 0 Å². The number of hydrogen-bond acceptors (Lipinski definition) is 5. The summed E-state index contributed by atoms with van der Waals surface area (Å²) < 4.78 is 27.3. The highest BCUT2D eigenvalue weighted by Gasteiger charge is 2.18. The van der Waals surface area contributed by atoms with Gasteiger partial charge < -0.3 is 10.6 Å². The lowest BCUT2D eigenvalue weighted by Crippen LogP contribution is -2.47. The lowest BCUT2D eigenvalue weighted by molar-refractivity contribution is 0.1000. The van der Waals surface area contributed by atoms with Gasteiger partial charge in [-0.2, -0.15) is 0 Å². The first-order chi connectivity index (χ1) is 13.5. The van der Waals surface area contributed by atoms with Crippen LogP contribution in [-0.4, -0.2) is 58.5 Å². The minimum absolute atomic E-state index is 0.0558. The molecule has 28 heavy (non-hydrogen) atoms. The highest BCUT2D eigenvalue weighted by atomic mass is 32.2. The molecule has 0 aromatic heterocycles. The van der Waals surface area contributed by atoms with Gasteiger partial charge in [0.15, 0.2) is 0 Å². The summed E-state index contributed by atoms with van der Waals surface area (Å²) in [5.74, 6) is -0.647. The molecule has 0 atom stereocenters. The van der Waals surface area contributed by atoms with Crippen LogP contribution in [0.5, 0.6) is 0 Å². The van der Waals surface area contributed by atoms with Crippen LogP contribution in [0.25, 0.3) is 0 Å². The molecule has 1 aliphatic heterocycles. The molecular weight excluding hydrogens is 376 g/mol. The van der Waals surface area contributed by atoms with Gasteiger partial charge in [-0.25, -0.2) is 13.1 Å². The zero-order chi connectivity index (χ0) is 20.0. The van der Waals surface area contributed by atoms with Gasteiger partial charge >= 0.3 is 0 Å². The van der Waals surface area contributed by atoms with Crippen LogP contribution >= 0.6 is 0 Å². The molecule has 3 rings (SSSR count). The zero-order valence-corrected chi connectivity index (χ0v) is 16.6. The minimum atomic E-state index is -3.65. The largest absolute Gasteiger partial charge is 0.369 e. The Morgan fingerprint density at radius 2 is 1.71 bits per heavy atom. The van der Waals surface area contributed by atoms with Crippen LogP contribution < -0.4 is 15.4 Å². The first-order valence-corrected chi connectivity index (χ1v) is 10.9. The second-order valence-corrected chi connectivity index (χ2v) is 8.57. The van der Waals surface area contributed by atoms with Crippen LogP contribution in [0.1, 0.15) is 16.8 Å². The van der Waals surface area contributed by atoms with Crippen molar-refractivity contribution >= 4 is 21.6 Å². The van der Waals surface area contributed by atoms with Crippen LogP contribution in [0.3, 0.4) is 0 Å². The van der Waals surface area contributed by atoms with E-state index in [1.165, 1.54) is 30.0 Å². The Labute approximate surface area is 166 Å². The van der Waals surface area contributed by atoms with Crippen molar-refractivity contribution in [2.75, 3.05) is 44.2 Å². The van der Waals surface area contributed by atoms with Crippen molar-refractivity contribution in [3.63, 3.8) is 0 Å². The monoisotopic (exact) mass is 402 g/mol. The van der Waals surface area contributed by atoms with Gasteiger partial charge in [0.2, 0.25) is 15.9 Å². The Morgan fingerprint density at radius 3 is 2.39 bits per heavy atom. The summed E-state index contributed by atoms with van der Waals surface area (Å²) in [5, 5.41) is 0. The van der Waals surface area contributed by atoms with Crippen LogP contribution in [0.2, 0.25) is 0 Å². The average molecular weight is 403 g/mol. The number of sulfonamides is 1. The van der Waals surface area contributed by atoms with E-state index in [2.05, 4.69) is 26.7 Å². The standard InChI is InChI=1S/C20H26N4O3S/c21-20(25)17-6-4-9-19(16-17)28(26,27)22-10-5-11-23-12-14-24(15-13-23)18-7-2-1-3-8-18/h1-4,6-9,16,22H,5,10-15H2,(H2,21,25). The molecule has 0 saturated carbocycles. The molecule has 2 aromatic carbocycles. The number of piperazine rings is 1. The Balaban J connectivity index is 1.42. The molecule has 1 aliphatic rings. The molecular formula is C20H26N4O3S. The molecule has 0 unspecified atom stereocenters. The van der Waals surface area contributed by atoms with Gasteiger partial charge in [0, 0.05) is 44.0 Å². The molecule has 0 radical (unpaired) electrons. The Morgan fingerprint density at radius 1 is 1.00 bits per heavy atom. The highest BCUT2D eigenvalue weighted by molar-refractivity contribution is 7.89. The van der Waals surface area contributed by atoms with E-state index in [1.54, 1.807) is 0 Å². The number of rotatable bonds is 8. The molecule has 0 spiro atoms. The van der Waals surface area contributed by atoms with Crippen LogP contribution in [0.15, 0.2) is 59.5 Å². The molecule has 1 fully saturated rings. The third kappa shape index (κ3) is 5.31. The second kappa shape index (κ2) is 9.18. The van der Waals surface area contributed by atoms with Gasteiger partial charge in [0.25, 0.3) is 0 Å². The Hall–Kier alpha value is -2.42. The van der Waals surface area contributed by atoms with Gasteiger partial charge in [-0.05, 0) is 43.3 Å². The van der Waals surface area contributed by atoms with Crippen molar-refractivity contribution < 1.29 is 13.2 Å². The summed E-state index contributed by atoms with van der Waals surface area (Å²) in [5.41, 5.74) is 6.64. The SMILES string of the molecule is NC(=O)c1cccc(S(=O)(=O)NCCCN2CCN(c3ccccc3)CC2)c1. The number of hydrogen-bond donors (Lipinski definition) is 2. The summed E-state index contributed by atoms with van der Waals surface area (Å²) in [6, 6.07) is 16.1. The second-order valence-electron chi connectivity index (χ2n) is 6.81. The van der Waals surface area contributed by atoms with Crippen molar-refractivity contribution in [3.8, 4) is 0 Å². The van der Waals surface area contributed by atoms with E-state index < -0.39 is 15.9 Å². The van der Waals surface area contributed by atoms with Crippen molar-refractivity contribution in [1.82, 2.24) is 9.62 Å². The average Bonchev–Trinajstić information content (AvgIpc) is 2.72. The van der Waals surface area contributed by atoms with E-state index >= 15 is 0 Å². The zero-order valence-electron chi connectivity index (χ0n) is 15.8. The predicted molar refractivity (Wildman–Crippen MR) is 110 cm³/mol. The van der Waals surface area contributed by atoms with E-state index in [4.69, 9.17) is 5.73 Å². The molecule has 0 bridgehead atoms. The third-order valence-corrected chi connectivity index (χ3v) is 6.32. The fourth-order valence-corrected chi connectivity index (χ4v) is 4.40. The van der Waals surface area contributed by atoms with Crippen molar-refractivity contribution in [2.45, 2.75) is 11.3 Å². The number of nitrogens with one attached hydrogen (secondary N) is 1. The summed E-state index contributed by atoms with van der Waals surface area (Å²) in [6.07, 6.45) is 0.722. The summed E-state index contributed by atoms with van der Waals surface area (Å²) in [4.78, 5) is 16.0. The first kappa shape index (κ1) is 20.3. The molecule has 150 valence electrons. The van der Waals surface area contributed by atoms with E-state index in [1.807, 2.05) is 18.2 Å². The van der Waals surface area contributed by atoms with Crippen molar-refractivity contribution in [1.29, 1.82) is 0 Å². The molecule has 7 nitrogen and oxygen atoms in total. The van der Waals surface area contributed by atoms with Crippen LogP contribution in [0.4, 0.5) is 5.69 Å². The first-order valence-electron chi connectivity index (χ1n) is 9.37. The summed E-state index contributed by atoms with van der Waals surface area (Å²) in [7, 11) is -3.65. The molecule has 1 amide bonds. The molecule has 1 heterocycles. The molecule has 1 saturated heterocycles. The molecule has 3 N–H and O–H groups in total.